The molecule has 9 heteroatoms. The summed E-state index contributed by atoms with van der Waals surface area (Å²) >= 11 is 1.02. The van der Waals surface area contributed by atoms with Gasteiger partial charge in [0.15, 0.2) is 10.9 Å². The highest BCUT2D eigenvalue weighted by Crippen LogP contribution is 2.37. The smallest absolute Gasteiger partial charge is 0.343 e. The molecule has 1 aromatic heterocycles. The third-order valence-electron chi connectivity index (χ3n) is 4.39. The summed E-state index contributed by atoms with van der Waals surface area (Å²) in [5.74, 6) is -0.216. The molecule has 0 N–H and O–H groups in total. The summed E-state index contributed by atoms with van der Waals surface area (Å²) in [6.07, 6.45) is -5.66. The minimum absolute atomic E-state index is 0.0350. The molecule has 2 bridgehead atoms. The molecule has 2 aliphatic heterocycles. The van der Waals surface area contributed by atoms with Crippen LogP contribution in [0.4, 0.5) is 13.2 Å². The quantitative estimate of drug-likeness (QED) is 0.739. The van der Waals surface area contributed by atoms with Crippen molar-refractivity contribution < 1.29 is 27.4 Å². The van der Waals surface area contributed by atoms with Gasteiger partial charge in [0.25, 0.3) is 0 Å². The number of nitrogens with zero attached hydrogens (tertiary/aromatic N) is 2. The standard InChI is InChI=1S/C18H15F3N2O3S/c1-9-2-4-10(5-3-9)11-6-15(18(19,20)21)23-17(22-11)27-14-7-12(24)16-25-8-13(14)26-16/h2-6,13-14,16H,7-8H2,1H3/t13-,14-,16+/m1/s1. The van der Waals surface area contributed by atoms with Gasteiger partial charge in [-0.15, -0.1) is 0 Å². The molecular formula is C18H15F3N2O3S. The molecule has 4 rings (SSSR count). The second kappa shape index (κ2) is 6.88. The molecule has 0 saturated carbocycles. The van der Waals surface area contributed by atoms with Crippen molar-refractivity contribution in [3.05, 3.63) is 41.6 Å². The molecule has 2 aliphatic rings. The van der Waals surface area contributed by atoms with Gasteiger partial charge in [-0.2, -0.15) is 13.2 Å². The maximum atomic E-state index is 13.3. The molecule has 0 amide bonds. The SMILES string of the molecule is Cc1ccc(-c2cc(C(F)(F)F)nc(S[C@@H]3CC(=O)[C@H]4OC[C@H]3O4)n2)cc1. The number of benzene rings is 1. The van der Waals surface area contributed by atoms with Gasteiger partial charge in [0, 0.05) is 17.2 Å². The second-order valence-corrected chi connectivity index (χ2v) is 7.66. The third-order valence-corrected chi connectivity index (χ3v) is 5.56. The zero-order valence-corrected chi connectivity index (χ0v) is 15.0. The summed E-state index contributed by atoms with van der Waals surface area (Å²) in [4.78, 5) is 19.9. The van der Waals surface area contributed by atoms with Crippen LogP contribution in [0.3, 0.4) is 0 Å². The van der Waals surface area contributed by atoms with Crippen LogP contribution in [0.2, 0.25) is 0 Å². The Morgan fingerprint density at radius 1 is 1.19 bits per heavy atom. The molecule has 1 aromatic carbocycles. The minimum atomic E-state index is -4.60. The van der Waals surface area contributed by atoms with Gasteiger partial charge in [-0.05, 0) is 13.0 Å². The molecule has 0 aliphatic carbocycles. The summed E-state index contributed by atoms with van der Waals surface area (Å²) in [6.45, 7) is 2.13. The molecule has 0 radical (unpaired) electrons. The Kier molecular flexibility index (Phi) is 4.69. The van der Waals surface area contributed by atoms with E-state index in [-0.39, 0.29) is 41.0 Å². The number of fused-ring (bicyclic) bond motifs is 2. The van der Waals surface area contributed by atoms with E-state index in [2.05, 4.69) is 9.97 Å². The van der Waals surface area contributed by atoms with Gasteiger partial charge < -0.3 is 9.47 Å². The van der Waals surface area contributed by atoms with Crippen molar-refractivity contribution in [1.29, 1.82) is 0 Å². The van der Waals surface area contributed by atoms with Crippen LogP contribution in [0.25, 0.3) is 11.3 Å². The normalized spacial score (nSPS) is 25.0. The topological polar surface area (TPSA) is 61.3 Å². The predicted octanol–water partition coefficient (Wildman–Crippen LogP) is 3.65. The molecular weight excluding hydrogens is 381 g/mol. The number of carbonyl (C=O) groups excluding carboxylic acids is 1. The van der Waals surface area contributed by atoms with Gasteiger partial charge in [-0.25, -0.2) is 9.97 Å². The van der Waals surface area contributed by atoms with Crippen molar-refractivity contribution in [3.8, 4) is 11.3 Å². The van der Waals surface area contributed by atoms with Crippen molar-refractivity contribution in [3.63, 3.8) is 0 Å². The zero-order chi connectivity index (χ0) is 19.2. The van der Waals surface area contributed by atoms with Gasteiger partial charge in [0.05, 0.1) is 18.4 Å². The lowest BCUT2D eigenvalue weighted by molar-refractivity contribution is -0.151. The molecule has 2 aromatic rings. The lowest BCUT2D eigenvalue weighted by atomic mass is 10.1. The van der Waals surface area contributed by atoms with Crippen molar-refractivity contribution in [1.82, 2.24) is 9.97 Å². The molecule has 27 heavy (non-hydrogen) atoms. The number of thioether (sulfide) groups is 1. The van der Waals surface area contributed by atoms with Crippen LogP contribution in [0.1, 0.15) is 17.7 Å². The Labute approximate surface area is 157 Å². The van der Waals surface area contributed by atoms with Crippen molar-refractivity contribution >= 4 is 17.5 Å². The number of carbonyl (C=O) groups is 1. The highest BCUT2D eigenvalue weighted by molar-refractivity contribution is 7.99. The molecule has 2 fully saturated rings. The van der Waals surface area contributed by atoms with Gasteiger partial charge in [-0.1, -0.05) is 41.6 Å². The fraction of sp³-hybridized carbons (Fsp3) is 0.389. The summed E-state index contributed by atoms with van der Waals surface area (Å²) in [5, 5.41) is -0.419. The first kappa shape index (κ1) is 18.4. The van der Waals surface area contributed by atoms with Crippen LogP contribution in [0.15, 0.2) is 35.5 Å². The number of hydrogen-bond acceptors (Lipinski definition) is 6. The third kappa shape index (κ3) is 3.85. The van der Waals surface area contributed by atoms with Crippen molar-refractivity contribution in [2.45, 2.75) is 42.3 Å². The van der Waals surface area contributed by atoms with Crippen LogP contribution < -0.4 is 0 Å². The Balaban J connectivity index is 1.68. The number of hydrogen-bond donors (Lipinski definition) is 0. The monoisotopic (exact) mass is 396 g/mol. The van der Waals surface area contributed by atoms with Crippen molar-refractivity contribution in [2.24, 2.45) is 0 Å². The number of halogens is 3. The number of rotatable bonds is 3. The number of aromatic nitrogens is 2. The molecule has 142 valence electrons. The van der Waals surface area contributed by atoms with Crippen LogP contribution in [-0.2, 0) is 20.4 Å². The first-order valence-corrected chi connectivity index (χ1v) is 9.17. The Morgan fingerprint density at radius 3 is 2.63 bits per heavy atom. The molecule has 2 saturated heterocycles. The summed E-state index contributed by atoms with van der Waals surface area (Å²) in [7, 11) is 0. The summed E-state index contributed by atoms with van der Waals surface area (Å²) in [6, 6.07) is 7.98. The van der Waals surface area contributed by atoms with E-state index in [0.29, 0.717) is 5.56 Å². The van der Waals surface area contributed by atoms with E-state index in [4.69, 9.17) is 9.47 Å². The van der Waals surface area contributed by atoms with E-state index in [0.717, 1.165) is 23.4 Å². The second-order valence-electron chi connectivity index (χ2n) is 6.45. The van der Waals surface area contributed by atoms with Crippen LogP contribution >= 0.6 is 11.8 Å². The molecule has 5 nitrogen and oxygen atoms in total. The molecule has 0 spiro atoms. The van der Waals surface area contributed by atoms with Crippen LogP contribution in [0.5, 0.6) is 0 Å². The number of Topliss-reactive ketones (excluding diaryl/α,β-unsaturated/α-hetero) is 1. The largest absolute Gasteiger partial charge is 0.433 e. The highest BCUT2D eigenvalue weighted by atomic mass is 32.2. The Bertz CT molecular complexity index is 873. The average molecular weight is 396 g/mol. The zero-order valence-electron chi connectivity index (χ0n) is 14.2. The highest BCUT2D eigenvalue weighted by Gasteiger charge is 2.44. The maximum Gasteiger partial charge on any atom is 0.433 e. The fourth-order valence-electron chi connectivity index (χ4n) is 2.96. The lowest BCUT2D eigenvalue weighted by Gasteiger charge is -2.25. The van der Waals surface area contributed by atoms with E-state index >= 15 is 0 Å². The summed E-state index contributed by atoms with van der Waals surface area (Å²) in [5.41, 5.74) is 0.727. The number of alkyl halides is 3. The Morgan fingerprint density at radius 2 is 1.93 bits per heavy atom. The molecule has 0 unspecified atom stereocenters. The number of aryl methyl sites for hydroxylation is 1. The lowest BCUT2D eigenvalue weighted by Crippen LogP contribution is -2.37. The van der Waals surface area contributed by atoms with E-state index < -0.39 is 18.2 Å². The van der Waals surface area contributed by atoms with Crippen LogP contribution in [-0.4, -0.2) is 40.0 Å². The van der Waals surface area contributed by atoms with Gasteiger partial charge in [0.1, 0.15) is 5.69 Å². The Hall–Kier alpha value is -1.97. The fourth-order valence-corrected chi connectivity index (χ4v) is 4.07. The predicted molar refractivity (Wildman–Crippen MR) is 91.1 cm³/mol. The van der Waals surface area contributed by atoms with Gasteiger partial charge >= 0.3 is 6.18 Å². The first-order chi connectivity index (χ1) is 12.8. The average Bonchev–Trinajstić information content (AvgIpc) is 3.05. The summed E-state index contributed by atoms with van der Waals surface area (Å²) < 4.78 is 50.6. The minimum Gasteiger partial charge on any atom is -0.343 e. The van der Waals surface area contributed by atoms with Gasteiger partial charge in [0.2, 0.25) is 6.29 Å². The number of ether oxygens (including phenoxy) is 2. The van der Waals surface area contributed by atoms with Crippen molar-refractivity contribution in [2.75, 3.05) is 6.61 Å². The molecule has 3 atom stereocenters. The number of ketones is 1. The van der Waals surface area contributed by atoms with Gasteiger partial charge in [-0.3, -0.25) is 4.79 Å². The van der Waals surface area contributed by atoms with E-state index in [1.54, 1.807) is 24.3 Å². The van der Waals surface area contributed by atoms with Crippen LogP contribution in [0, 0.1) is 6.92 Å². The van der Waals surface area contributed by atoms with E-state index in [1.165, 1.54) is 0 Å². The van der Waals surface area contributed by atoms with E-state index in [9.17, 15) is 18.0 Å². The first-order valence-electron chi connectivity index (χ1n) is 8.29. The maximum absolute atomic E-state index is 13.3. The van der Waals surface area contributed by atoms with E-state index in [1.807, 2.05) is 6.92 Å². The molecule has 3 heterocycles.